The number of aliphatic hydroxyl groups is 1. The minimum Gasteiger partial charge on any atom is -0.501 e. The van der Waals surface area contributed by atoms with Gasteiger partial charge in [0.25, 0.3) is 0 Å². The van der Waals surface area contributed by atoms with Crippen molar-refractivity contribution >= 4 is 0 Å². The maximum Gasteiger partial charge on any atom is 0.328 e. The SMILES string of the molecule is COC1=CC=C(OC(O)ON)CC1. The molecule has 0 aliphatic heterocycles. The summed E-state index contributed by atoms with van der Waals surface area (Å²) in [5.74, 6) is 6.21. The first-order valence-corrected chi connectivity index (χ1v) is 3.90. The lowest BCUT2D eigenvalue weighted by atomic mass is 10.1. The lowest BCUT2D eigenvalue weighted by molar-refractivity contribution is -0.248. The fourth-order valence-corrected chi connectivity index (χ4v) is 1.02. The average molecular weight is 187 g/mol. The second kappa shape index (κ2) is 4.86. The maximum atomic E-state index is 8.87. The van der Waals surface area contributed by atoms with Crippen LogP contribution in [0.15, 0.2) is 23.7 Å². The summed E-state index contributed by atoms with van der Waals surface area (Å²) in [6, 6.07) is 0. The van der Waals surface area contributed by atoms with Crippen LogP contribution in [0.3, 0.4) is 0 Å². The fourth-order valence-electron chi connectivity index (χ4n) is 1.02. The molecule has 0 saturated carbocycles. The Hall–Kier alpha value is -1.04. The molecule has 1 aliphatic carbocycles. The molecule has 13 heavy (non-hydrogen) atoms. The predicted molar refractivity (Wildman–Crippen MR) is 44.8 cm³/mol. The zero-order valence-electron chi connectivity index (χ0n) is 7.40. The highest BCUT2D eigenvalue weighted by molar-refractivity contribution is 5.17. The average Bonchev–Trinajstić information content (AvgIpc) is 2.19. The maximum absolute atomic E-state index is 8.87. The van der Waals surface area contributed by atoms with Crippen LogP contribution in [0, 0.1) is 0 Å². The topological polar surface area (TPSA) is 73.9 Å². The third-order valence-corrected chi connectivity index (χ3v) is 1.70. The minimum absolute atomic E-state index is 0.624. The number of allylic oxidation sites excluding steroid dienone is 4. The van der Waals surface area contributed by atoms with Crippen molar-refractivity contribution in [1.29, 1.82) is 0 Å². The van der Waals surface area contributed by atoms with Gasteiger partial charge in [-0.2, -0.15) is 0 Å². The van der Waals surface area contributed by atoms with Gasteiger partial charge in [0.1, 0.15) is 5.76 Å². The zero-order valence-corrected chi connectivity index (χ0v) is 7.40. The third-order valence-electron chi connectivity index (χ3n) is 1.70. The van der Waals surface area contributed by atoms with Crippen LogP contribution >= 0.6 is 0 Å². The van der Waals surface area contributed by atoms with E-state index in [1.54, 1.807) is 19.3 Å². The van der Waals surface area contributed by atoms with Crippen LogP contribution in [0.1, 0.15) is 12.8 Å². The van der Waals surface area contributed by atoms with Crippen molar-refractivity contribution in [3.05, 3.63) is 23.7 Å². The Kier molecular flexibility index (Phi) is 3.75. The van der Waals surface area contributed by atoms with Gasteiger partial charge in [-0.15, -0.1) is 0 Å². The van der Waals surface area contributed by atoms with Crippen molar-refractivity contribution in [2.45, 2.75) is 19.3 Å². The van der Waals surface area contributed by atoms with E-state index in [-0.39, 0.29) is 0 Å². The first-order chi connectivity index (χ1) is 6.26. The monoisotopic (exact) mass is 187 g/mol. The Morgan fingerprint density at radius 3 is 2.46 bits per heavy atom. The van der Waals surface area contributed by atoms with E-state index in [9.17, 15) is 0 Å². The van der Waals surface area contributed by atoms with Crippen LogP contribution in [-0.4, -0.2) is 18.7 Å². The first-order valence-electron chi connectivity index (χ1n) is 3.90. The van der Waals surface area contributed by atoms with Gasteiger partial charge >= 0.3 is 6.48 Å². The molecule has 1 unspecified atom stereocenters. The van der Waals surface area contributed by atoms with Crippen molar-refractivity contribution in [3.63, 3.8) is 0 Å². The summed E-state index contributed by atoms with van der Waals surface area (Å²) < 4.78 is 9.92. The summed E-state index contributed by atoms with van der Waals surface area (Å²) in [6.45, 7) is -1.40. The molecule has 74 valence electrons. The molecule has 0 bridgehead atoms. The number of methoxy groups -OCH3 is 1. The van der Waals surface area contributed by atoms with E-state index in [1.165, 1.54) is 0 Å². The van der Waals surface area contributed by atoms with E-state index < -0.39 is 6.48 Å². The number of hydrogen-bond acceptors (Lipinski definition) is 5. The van der Waals surface area contributed by atoms with Gasteiger partial charge in [0.2, 0.25) is 0 Å². The number of hydrogen-bond donors (Lipinski definition) is 2. The Morgan fingerprint density at radius 1 is 1.38 bits per heavy atom. The molecule has 5 heteroatoms. The standard InChI is InChI=1S/C8H13NO4/c1-11-6-2-4-7(5-3-6)12-8(10)13-9/h2,4,8,10H,3,5,9H2,1H3. The van der Waals surface area contributed by atoms with E-state index in [2.05, 4.69) is 4.84 Å². The fraction of sp³-hybridized carbons (Fsp3) is 0.500. The quantitative estimate of drug-likeness (QED) is 0.491. The summed E-state index contributed by atoms with van der Waals surface area (Å²) in [7, 11) is 1.61. The van der Waals surface area contributed by atoms with Gasteiger partial charge in [-0.25, -0.2) is 10.7 Å². The molecule has 0 aromatic heterocycles. The summed E-state index contributed by atoms with van der Waals surface area (Å²) in [4.78, 5) is 4.05. The van der Waals surface area contributed by atoms with Crippen LogP contribution in [0.25, 0.3) is 0 Å². The van der Waals surface area contributed by atoms with Crippen LogP contribution in [0.2, 0.25) is 0 Å². The van der Waals surface area contributed by atoms with Gasteiger partial charge in [-0.3, -0.25) is 0 Å². The van der Waals surface area contributed by atoms with Crippen molar-refractivity contribution in [1.82, 2.24) is 0 Å². The largest absolute Gasteiger partial charge is 0.501 e. The van der Waals surface area contributed by atoms with Crippen molar-refractivity contribution in [2.24, 2.45) is 5.90 Å². The summed E-state index contributed by atoms with van der Waals surface area (Å²) in [5, 5.41) is 8.87. The molecular formula is C8H13NO4. The molecule has 0 spiro atoms. The highest BCUT2D eigenvalue weighted by Crippen LogP contribution is 2.19. The molecule has 1 rings (SSSR count). The van der Waals surface area contributed by atoms with Crippen molar-refractivity contribution in [3.8, 4) is 0 Å². The molecule has 0 heterocycles. The third kappa shape index (κ3) is 3.06. The smallest absolute Gasteiger partial charge is 0.328 e. The Balaban J connectivity index is 2.45. The molecule has 1 atom stereocenters. The Morgan fingerprint density at radius 2 is 2.00 bits per heavy atom. The number of aliphatic hydroxyl groups excluding tert-OH is 1. The molecule has 1 aliphatic rings. The molecule has 0 aromatic rings. The normalized spacial score (nSPS) is 18.7. The van der Waals surface area contributed by atoms with E-state index >= 15 is 0 Å². The predicted octanol–water partition coefficient (Wildman–Crippen LogP) is 0.377. The summed E-state index contributed by atoms with van der Waals surface area (Å²) in [6.07, 6.45) is 4.91. The minimum atomic E-state index is -1.40. The number of ether oxygens (including phenoxy) is 2. The van der Waals surface area contributed by atoms with Crippen molar-refractivity contribution in [2.75, 3.05) is 7.11 Å². The zero-order chi connectivity index (χ0) is 9.68. The van der Waals surface area contributed by atoms with Gasteiger partial charge < -0.3 is 14.6 Å². The van der Waals surface area contributed by atoms with Gasteiger partial charge in [0.05, 0.1) is 12.9 Å². The van der Waals surface area contributed by atoms with Gasteiger partial charge in [-0.05, 0) is 12.2 Å². The Bertz CT molecular complexity index is 224. The van der Waals surface area contributed by atoms with Gasteiger partial charge in [0, 0.05) is 12.8 Å². The van der Waals surface area contributed by atoms with Crippen LogP contribution in [-0.2, 0) is 14.3 Å². The number of rotatable bonds is 4. The van der Waals surface area contributed by atoms with Gasteiger partial charge in [0.15, 0.2) is 0 Å². The number of nitrogens with two attached hydrogens (primary N) is 1. The first kappa shape index (κ1) is 10.0. The molecular weight excluding hydrogens is 174 g/mol. The van der Waals surface area contributed by atoms with Gasteiger partial charge in [-0.1, -0.05) is 0 Å². The molecule has 0 radical (unpaired) electrons. The van der Waals surface area contributed by atoms with E-state index in [0.29, 0.717) is 12.2 Å². The Labute approximate surface area is 76.3 Å². The van der Waals surface area contributed by atoms with Crippen LogP contribution in [0.5, 0.6) is 0 Å². The highest BCUT2D eigenvalue weighted by atomic mass is 16.8. The molecule has 5 nitrogen and oxygen atoms in total. The molecule has 0 fully saturated rings. The van der Waals surface area contributed by atoms with Crippen LogP contribution < -0.4 is 5.90 Å². The van der Waals surface area contributed by atoms with Crippen molar-refractivity contribution < 1.29 is 19.4 Å². The summed E-state index contributed by atoms with van der Waals surface area (Å²) >= 11 is 0. The summed E-state index contributed by atoms with van der Waals surface area (Å²) in [5.41, 5.74) is 0. The second-order valence-electron chi connectivity index (χ2n) is 2.53. The molecule has 3 N–H and O–H groups in total. The van der Waals surface area contributed by atoms with E-state index in [1.807, 2.05) is 0 Å². The second-order valence-corrected chi connectivity index (χ2v) is 2.53. The van der Waals surface area contributed by atoms with E-state index in [4.69, 9.17) is 20.5 Å². The van der Waals surface area contributed by atoms with Crippen LogP contribution in [0.4, 0.5) is 0 Å². The lowest BCUT2D eigenvalue weighted by Crippen LogP contribution is -2.20. The highest BCUT2D eigenvalue weighted by Gasteiger charge is 2.11. The molecule has 0 saturated heterocycles. The molecule has 0 amide bonds. The van der Waals surface area contributed by atoms with E-state index in [0.717, 1.165) is 12.2 Å². The molecule has 0 aromatic carbocycles. The lowest BCUT2D eigenvalue weighted by Gasteiger charge is -2.16.